The van der Waals surface area contributed by atoms with Crippen LogP contribution >= 0.6 is 15.9 Å². The second-order valence-corrected chi connectivity index (χ2v) is 4.77. The molecule has 5 heteroatoms. The van der Waals surface area contributed by atoms with E-state index in [2.05, 4.69) is 21.2 Å². The molecular formula is C12H13BrN2O2. The molecule has 90 valence electrons. The summed E-state index contributed by atoms with van der Waals surface area (Å²) in [5, 5.41) is 2.58. The fourth-order valence-corrected chi connectivity index (χ4v) is 2.27. The van der Waals surface area contributed by atoms with E-state index in [4.69, 9.17) is 0 Å². The molecule has 1 N–H and O–H groups in total. The molecule has 1 saturated heterocycles. The quantitative estimate of drug-likeness (QED) is 0.856. The van der Waals surface area contributed by atoms with Crippen molar-refractivity contribution >= 4 is 33.4 Å². The van der Waals surface area contributed by atoms with Crippen LogP contribution in [-0.2, 0) is 9.59 Å². The number of aryl methyl sites for hydroxylation is 1. The number of amides is 2. The molecule has 1 aromatic carbocycles. The lowest BCUT2D eigenvalue weighted by atomic mass is 10.2. The van der Waals surface area contributed by atoms with Crippen molar-refractivity contribution in [2.75, 3.05) is 18.0 Å². The van der Waals surface area contributed by atoms with Gasteiger partial charge in [0.15, 0.2) is 0 Å². The highest BCUT2D eigenvalue weighted by molar-refractivity contribution is 9.10. The number of nitrogens with one attached hydrogen (secondary N) is 1. The molecule has 0 saturated carbocycles. The Bertz CT molecular complexity index is 474. The largest absolute Gasteiger partial charge is 0.347 e. The van der Waals surface area contributed by atoms with Crippen LogP contribution in [0.25, 0.3) is 0 Å². The van der Waals surface area contributed by atoms with Crippen LogP contribution in [0.4, 0.5) is 5.69 Å². The second-order valence-electron chi connectivity index (χ2n) is 3.98. The van der Waals surface area contributed by atoms with Crippen LogP contribution in [0.5, 0.6) is 0 Å². The van der Waals surface area contributed by atoms with Crippen molar-refractivity contribution in [1.82, 2.24) is 5.32 Å². The van der Waals surface area contributed by atoms with Gasteiger partial charge in [0.1, 0.15) is 0 Å². The third-order valence-electron chi connectivity index (χ3n) is 2.76. The summed E-state index contributed by atoms with van der Waals surface area (Å²) >= 11 is 3.48. The normalized spacial score (nSPS) is 16.7. The standard InChI is InChI=1S/C12H13BrN2O2/c1-8-3-2-4-9(12(8)13)15-6-5-10(16)14-7-11(15)17/h2-4H,5-7H2,1H3,(H,14,16). The number of halogens is 1. The minimum atomic E-state index is -0.0813. The van der Waals surface area contributed by atoms with E-state index in [-0.39, 0.29) is 18.4 Å². The summed E-state index contributed by atoms with van der Waals surface area (Å²) < 4.78 is 0.905. The Morgan fingerprint density at radius 1 is 1.35 bits per heavy atom. The number of carbonyl (C=O) groups excluding carboxylic acids is 2. The predicted molar refractivity (Wildman–Crippen MR) is 68.9 cm³/mol. The average Bonchev–Trinajstić information content (AvgIpc) is 2.46. The number of benzene rings is 1. The van der Waals surface area contributed by atoms with Gasteiger partial charge in [0.2, 0.25) is 11.8 Å². The van der Waals surface area contributed by atoms with E-state index in [9.17, 15) is 9.59 Å². The van der Waals surface area contributed by atoms with Gasteiger partial charge < -0.3 is 10.2 Å². The van der Waals surface area contributed by atoms with Gasteiger partial charge in [-0.2, -0.15) is 0 Å². The fourth-order valence-electron chi connectivity index (χ4n) is 1.79. The first-order valence-electron chi connectivity index (χ1n) is 5.42. The highest BCUT2D eigenvalue weighted by atomic mass is 79.9. The highest BCUT2D eigenvalue weighted by Gasteiger charge is 2.23. The summed E-state index contributed by atoms with van der Waals surface area (Å²) in [5.74, 6) is -0.160. The molecule has 0 unspecified atom stereocenters. The predicted octanol–water partition coefficient (Wildman–Crippen LogP) is 1.61. The molecule has 2 amide bonds. The Balaban J connectivity index is 2.34. The molecule has 0 atom stereocenters. The van der Waals surface area contributed by atoms with Crippen LogP contribution in [-0.4, -0.2) is 24.9 Å². The first kappa shape index (κ1) is 12.1. The average molecular weight is 297 g/mol. The van der Waals surface area contributed by atoms with Gasteiger partial charge in [0, 0.05) is 17.4 Å². The van der Waals surface area contributed by atoms with Gasteiger partial charge in [-0.15, -0.1) is 0 Å². The molecule has 0 spiro atoms. The first-order valence-corrected chi connectivity index (χ1v) is 6.21. The van der Waals surface area contributed by atoms with Crippen LogP contribution in [0, 0.1) is 6.92 Å². The fraction of sp³-hybridized carbons (Fsp3) is 0.333. The molecule has 1 heterocycles. The van der Waals surface area contributed by atoms with Gasteiger partial charge in [-0.25, -0.2) is 0 Å². The van der Waals surface area contributed by atoms with Crippen molar-refractivity contribution in [3.63, 3.8) is 0 Å². The Morgan fingerprint density at radius 3 is 2.88 bits per heavy atom. The van der Waals surface area contributed by atoms with Crippen LogP contribution in [0.15, 0.2) is 22.7 Å². The first-order chi connectivity index (χ1) is 8.09. The van der Waals surface area contributed by atoms with Crippen LogP contribution in [0.3, 0.4) is 0 Å². The Kier molecular flexibility index (Phi) is 3.47. The molecule has 0 bridgehead atoms. The van der Waals surface area contributed by atoms with E-state index in [1.54, 1.807) is 4.90 Å². The van der Waals surface area contributed by atoms with Gasteiger partial charge in [0.25, 0.3) is 0 Å². The highest BCUT2D eigenvalue weighted by Crippen LogP contribution is 2.29. The zero-order valence-corrected chi connectivity index (χ0v) is 11.1. The molecule has 1 fully saturated rings. The lowest BCUT2D eigenvalue weighted by Gasteiger charge is -2.22. The number of hydrogen-bond donors (Lipinski definition) is 1. The maximum atomic E-state index is 11.9. The van der Waals surface area contributed by atoms with Gasteiger partial charge in [-0.05, 0) is 34.5 Å². The summed E-state index contributed by atoms with van der Waals surface area (Å²) in [4.78, 5) is 24.8. The van der Waals surface area contributed by atoms with Gasteiger partial charge in [-0.1, -0.05) is 12.1 Å². The lowest BCUT2D eigenvalue weighted by molar-refractivity contribution is -0.123. The molecule has 1 aliphatic heterocycles. The van der Waals surface area contributed by atoms with Gasteiger partial charge >= 0.3 is 0 Å². The zero-order chi connectivity index (χ0) is 12.4. The van der Waals surface area contributed by atoms with E-state index >= 15 is 0 Å². The molecule has 1 aromatic rings. The SMILES string of the molecule is Cc1cccc(N2CCC(=O)NCC2=O)c1Br. The maximum absolute atomic E-state index is 11.9. The number of carbonyl (C=O) groups is 2. The minimum absolute atomic E-state index is 0.0687. The topological polar surface area (TPSA) is 49.4 Å². The summed E-state index contributed by atoms with van der Waals surface area (Å²) in [6.45, 7) is 2.46. The molecule has 17 heavy (non-hydrogen) atoms. The van der Waals surface area contributed by atoms with Crippen molar-refractivity contribution in [1.29, 1.82) is 0 Å². The maximum Gasteiger partial charge on any atom is 0.246 e. The molecule has 0 aromatic heterocycles. The number of anilines is 1. The smallest absolute Gasteiger partial charge is 0.246 e. The molecule has 0 radical (unpaired) electrons. The summed E-state index contributed by atoms with van der Waals surface area (Å²) in [6, 6.07) is 5.76. The van der Waals surface area contributed by atoms with Crippen molar-refractivity contribution < 1.29 is 9.59 Å². The van der Waals surface area contributed by atoms with Crippen molar-refractivity contribution in [3.8, 4) is 0 Å². The second kappa shape index (κ2) is 4.87. The van der Waals surface area contributed by atoms with Gasteiger partial charge in [-0.3, -0.25) is 9.59 Å². The van der Waals surface area contributed by atoms with Gasteiger partial charge in [0.05, 0.1) is 12.2 Å². The third kappa shape index (κ3) is 2.49. The van der Waals surface area contributed by atoms with E-state index in [1.165, 1.54) is 0 Å². The van der Waals surface area contributed by atoms with E-state index in [1.807, 2.05) is 25.1 Å². The monoisotopic (exact) mass is 296 g/mol. The van der Waals surface area contributed by atoms with Crippen LogP contribution < -0.4 is 10.2 Å². The summed E-state index contributed by atoms with van der Waals surface area (Å²) in [5.41, 5.74) is 1.89. The number of nitrogens with zero attached hydrogens (tertiary/aromatic N) is 1. The summed E-state index contributed by atoms with van der Waals surface area (Å²) in [6.07, 6.45) is 0.339. The minimum Gasteiger partial charge on any atom is -0.347 e. The molecule has 1 aliphatic rings. The van der Waals surface area contributed by atoms with Crippen molar-refractivity contribution in [2.24, 2.45) is 0 Å². The van der Waals surface area contributed by atoms with Crippen LogP contribution in [0.1, 0.15) is 12.0 Å². The Morgan fingerprint density at radius 2 is 2.12 bits per heavy atom. The Hall–Kier alpha value is -1.36. The zero-order valence-electron chi connectivity index (χ0n) is 9.50. The molecule has 2 rings (SSSR count). The molecular weight excluding hydrogens is 284 g/mol. The number of rotatable bonds is 1. The lowest BCUT2D eigenvalue weighted by Crippen LogP contribution is -2.35. The molecule has 0 aliphatic carbocycles. The van der Waals surface area contributed by atoms with Crippen LogP contribution in [0.2, 0.25) is 0 Å². The summed E-state index contributed by atoms with van der Waals surface area (Å²) in [7, 11) is 0. The Labute approximate surface area is 108 Å². The van der Waals surface area contributed by atoms with Crippen molar-refractivity contribution in [3.05, 3.63) is 28.2 Å². The number of hydrogen-bond acceptors (Lipinski definition) is 2. The van der Waals surface area contributed by atoms with Crippen molar-refractivity contribution in [2.45, 2.75) is 13.3 Å². The molecule has 4 nitrogen and oxygen atoms in total. The third-order valence-corrected chi connectivity index (χ3v) is 3.79. The van der Waals surface area contributed by atoms with E-state index in [0.717, 1.165) is 15.7 Å². The van der Waals surface area contributed by atoms with E-state index in [0.29, 0.717) is 13.0 Å². The van der Waals surface area contributed by atoms with E-state index < -0.39 is 0 Å².